The predicted molar refractivity (Wildman–Crippen MR) is 111 cm³/mol. The summed E-state index contributed by atoms with van der Waals surface area (Å²) in [4.78, 5) is 28.1. The fourth-order valence-electron chi connectivity index (χ4n) is 3.39. The molecule has 0 radical (unpaired) electrons. The van der Waals surface area contributed by atoms with Gasteiger partial charge in [0.1, 0.15) is 0 Å². The quantitative estimate of drug-likeness (QED) is 0.598. The normalized spacial score (nSPS) is 16.0. The lowest BCUT2D eigenvalue weighted by Gasteiger charge is -2.34. The lowest BCUT2D eigenvalue weighted by atomic mass is 10.2. The Morgan fingerprint density at radius 3 is 2.16 bits per heavy atom. The van der Waals surface area contributed by atoms with Gasteiger partial charge in [-0.25, -0.2) is 21.6 Å². The molecule has 1 fully saturated rings. The molecule has 1 aromatic heterocycles. The summed E-state index contributed by atoms with van der Waals surface area (Å²) in [6, 6.07) is 9.79. The van der Waals surface area contributed by atoms with E-state index in [4.69, 9.17) is 4.42 Å². The van der Waals surface area contributed by atoms with E-state index in [0.29, 0.717) is 11.1 Å². The van der Waals surface area contributed by atoms with Crippen molar-refractivity contribution in [3.63, 3.8) is 0 Å². The molecule has 0 saturated carbocycles. The van der Waals surface area contributed by atoms with Crippen molar-refractivity contribution >= 4 is 36.9 Å². The topological polar surface area (TPSA) is 138 Å². The minimum atomic E-state index is -3.83. The zero-order chi connectivity index (χ0) is 22.4. The van der Waals surface area contributed by atoms with Crippen LogP contribution < -0.4 is 5.76 Å². The van der Waals surface area contributed by atoms with E-state index in [1.807, 2.05) is 0 Å². The highest BCUT2D eigenvalue weighted by Gasteiger charge is 2.31. The van der Waals surface area contributed by atoms with E-state index in [2.05, 4.69) is 4.98 Å². The van der Waals surface area contributed by atoms with E-state index in [9.17, 15) is 26.4 Å². The third-order valence-corrected chi connectivity index (χ3v) is 8.11. The van der Waals surface area contributed by atoms with Crippen molar-refractivity contribution in [2.75, 3.05) is 32.4 Å². The summed E-state index contributed by atoms with van der Waals surface area (Å²) in [5.74, 6) is -0.964. The molecule has 0 bridgehead atoms. The van der Waals surface area contributed by atoms with Crippen LogP contribution in [-0.2, 0) is 19.9 Å². The number of carbonyl (C=O) groups is 1. The fraction of sp³-hybridized carbons (Fsp3) is 0.263. The molecule has 2 aromatic carbocycles. The Morgan fingerprint density at radius 2 is 1.55 bits per heavy atom. The molecule has 12 heteroatoms. The molecule has 1 amide bonds. The summed E-state index contributed by atoms with van der Waals surface area (Å²) in [5, 5.41) is 0. The van der Waals surface area contributed by atoms with Crippen LogP contribution in [0.3, 0.4) is 0 Å². The number of fused-ring (bicyclic) bond motifs is 1. The smallest absolute Gasteiger partial charge is 0.408 e. The Kier molecular flexibility index (Phi) is 5.23. The van der Waals surface area contributed by atoms with Gasteiger partial charge in [-0.15, -0.1) is 0 Å². The van der Waals surface area contributed by atoms with Gasteiger partial charge in [0.2, 0.25) is 10.0 Å². The van der Waals surface area contributed by atoms with Crippen molar-refractivity contribution in [1.29, 1.82) is 0 Å². The zero-order valence-electron chi connectivity index (χ0n) is 16.4. The van der Waals surface area contributed by atoms with Crippen LogP contribution in [0.2, 0.25) is 0 Å². The lowest BCUT2D eigenvalue weighted by molar-refractivity contribution is 0.0698. The summed E-state index contributed by atoms with van der Waals surface area (Å²) in [7, 11) is -7.18. The van der Waals surface area contributed by atoms with Crippen molar-refractivity contribution in [2.24, 2.45) is 0 Å². The standard InChI is InChI=1S/C19H19N3O7S2/c1-30(25,26)14-4-2-13(3-5-14)18(23)21-8-10-22(11-9-21)31(27,28)15-6-7-16-17(12-15)29-19(24)20-16/h2-7,12H,8-11H2,1H3,(H,20,24). The number of piperazine rings is 1. The van der Waals surface area contributed by atoms with Crippen molar-refractivity contribution in [3.8, 4) is 0 Å². The number of hydrogen-bond acceptors (Lipinski definition) is 7. The number of oxazole rings is 1. The van der Waals surface area contributed by atoms with Crippen LogP contribution in [0.25, 0.3) is 11.1 Å². The average molecular weight is 466 g/mol. The Bertz CT molecular complexity index is 1410. The lowest BCUT2D eigenvalue weighted by Crippen LogP contribution is -2.50. The maximum atomic E-state index is 13.0. The number of sulfonamides is 1. The maximum Gasteiger partial charge on any atom is 0.417 e. The van der Waals surface area contributed by atoms with Gasteiger partial charge in [0, 0.05) is 44.1 Å². The number of hydrogen-bond donors (Lipinski definition) is 1. The van der Waals surface area contributed by atoms with Crippen LogP contribution in [-0.4, -0.2) is 69.4 Å². The van der Waals surface area contributed by atoms with E-state index >= 15 is 0 Å². The number of rotatable bonds is 4. The van der Waals surface area contributed by atoms with Crippen LogP contribution >= 0.6 is 0 Å². The number of amides is 1. The number of aromatic nitrogens is 1. The summed E-state index contributed by atoms with van der Waals surface area (Å²) in [6.07, 6.45) is 1.09. The Labute approximate surface area is 178 Å². The number of carbonyl (C=O) groups excluding carboxylic acids is 1. The number of aromatic amines is 1. The van der Waals surface area contributed by atoms with Crippen LogP contribution in [0, 0.1) is 0 Å². The Morgan fingerprint density at radius 1 is 0.935 bits per heavy atom. The highest BCUT2D eigenvalue weighted by atomic mass is 32.2. The molecule has 3 aromatic rings. The number of H-pyrrole nitrogens is 1. The van der Waals surface area contributed by atoms with Crippen molar-refractivity contribution < 1.29 is 26.0 Å². The first kappa shape index (κ1) is 21.3. The molecule has 1 saturated heterocycles. The van der Waals surface area contributed by atoms with Gasteiger partial charge < -0.3 is 9.32 Å². The molecule has 2 heterocycles. The van der Waals surface area contributed by atoms with Crippen molar-refractivity contribution in [1.82, 2.24) is 14.2 Å². The second-order valence-corrected chi connectivity index (χ2v) is 11.1. The first-order valence-corrected chi connectivity index (χ1v) is 12.6. The number of nitrogens with one attached hydrogen (secondary N) is 1. The van der Waals surface area contributed by atoms with E-state index in [1.54, 1.807) is 0 Å². The van der Waals surface area contributed by atoms with E-state index < -0.39 is 25.6 Å². The van der Waals surface area contributed by atoms with Crippen LogP contribution in [0.1, 0.15) is 10.4 Å². The van der Waals surface area contributed by atoms with Gasteiger partial charge in [0.05, 0.1) is 15.3 Å². The van der Waals surface area contributed by atoms with E-state index in [-0.39, 0.29) is 47.5 Å². The molecule has 31 heavy (non-hydrogen) atoms. The third-order valence-electron chi connectivity index (χ3n) is 5.09. The predicted octanol–water partition coefficient (Wildman–Crippen LogP) is 0.671. The third kappa shape index (κ3) is 4.13. The SMILES string of the molecule is CS(=O)(=O)c1ccc(C(=O)N2CCN(S(=O)(=O)c3ccc4[nH]c(=O)oc4c3)CC2)cc1. The number of benzene rings is 2. The van der Waals surface area contributed by atoms with E-state index in [0.717, 1.165) is 6.26 Å². The monoisotopic (exact) mass is 465 g/mol. The molecule has 0 spiro atoms. The second kappa shape index (κ2) is 7.62. The van der Waals surface area contributed by atoms with Gasteiger partial charge in [-0.05, 0) is 36.4 Å². The summed E-state index contributed by atoms with van der Waals surface area (Å²) >= 11 is 0. The molecule has 1 N–H and O–H groups in total. The van der Waals surface area contributed by atoms with Crippen molar-refractivity contribution in [2.45, 2.75) is 9.79 Å². The Balaban J connectivity index is 1.47. The van der Waals surface area contributed by atoms with Gasteiger partial charge >= 0.3 is 5.76 Å². The average Bonchev–Trinajstić information content (AvgIpc) is 3.12. The minimum absolute atomic E-state index is 0.00103. The molecule has 1 aliphatic rings. The molecule has 0 unspecified atom stereocenters. The fourth-order valence-corrected chi connectivity index (χ4v) is 5.46. The summed E-state index contributed by atoms with van der Waals surface area (Å²) in [5.41, 5.74) is 0.885. The van der Waals surface area contributed by atoms with Gasteiger partial charge in [-0.1, -0.05) is 0 Å². The molecular weight excluding hydrogens is 446 g/mol. The van der Waals surface area contributed by atoms with Gasteiger partial charge in [-0.3, -0.25) is 9.78 Å². The molecule has 0 aliphatic carbocycles. The molecule has 1 aliphatic heterocycles. The summed E-state index contributed by atoms with van der Waals surface area (Å²) < 4.78 is 55.2. The first-order valence-electron chi connectivity index (χ1n) is 9.28. The molecule has 0 atom stereocenters. The van der Waals surface area contributed by atoms with Crippen molar-refractivity contribution in [3.05, 3.63) is 58.6 Å². The zero-order valence-corrected chi connectivity index (χ0v) is 18.1. The van der Waals surface area contributed by atoms with Gasteiger partial charge in [-0.2, -0.15) is 4.31 Å². The number of nitrogens with zero attached hydrogens (tertiary/aromatic N) is 2. The second-order valence-electron chi connectivity index (χ2n) is 7.17. The molecule has 164 valence electrons. The van der Waals surface area contributed by atoms with Crippen LogP contribution in [0.5, 0.6) is 0 Å². The minimum Gasteiger partial charge on any atom is -0.408 e. The summed E-state index contributed by atoms with van der Waals surface area (Å²) in [6.45, 7) is 0.579. The Hall–Kier alpha value is -2.96. The largest absolute Gasteiger partial charge is 0.417 e. The van der Waals surface area contributed by atoms with Gasteiger partial charge in [0.15, 0.2) is 15.4 Å². The number of sulfone groups is 1. The maximum absolute atomic E-state index is 13.0. The molecule has 10 nitrogen and oxygen atoms in total. The van der Waals surface area contributed by atoms with Crippen LogP contribution in [0.4, 0.5) is 0 Å². The van der Waals surface area contributed by atoms with Crippen LogP contribution in [0.15, 0.2) is 61.5 Å². The highest BCUT2D eigenvalue weighted by molar-refractivity contribution is 7.90. The molecular formula is C19H19N3O7S2. The first-order chi connectivity index (χ1) is 14.6. The molecule has 4 rings (SSSR count). The highest BCUT2D eigenvalue weighted by Crippen LogP contribution is 2.22. The van der Waals surface area contributed by atoms with Gasteiger partial charge in [0.25, 0.3) is 5.91 Å². The van der Waals surface area contributed by atoms with E-state index in [1.165, 1.54) is 51.7 Å².